The van der Waals surface area contributed by atoms with Crippen molar-refractivity contribution in [1.82, 2.24) is 5.32 Å². The van der Waals surface area contributed by atoms with Crippen molar-refractivity contribution in [2.45, 2.75) is 19.8 Å². The Kier molecular flexibility index (Phi) is 5.17. The summed E-state index contributed by atoms with van der Waals surface area (Å²) in [5.41, 5.74) is 0.151. The van der Waals surface area contributed by atoms with E-state index in [2.05, 4.69) is 5.32 Å². The smallest absolute Gasteiger partial charge is 0.308 e. The van der Waals surface area contributed by atoms with Gasteiger partial charge in [-0.25, -0.2) is 0 Å². The number of para-hydroxylation sites is 1. The molecule has 0 saturated heterocycles. The molecule has 0 heterocycles. The normalized spacial score (nSPS) is 11.8. The van der Waals surface area contributed by atoms with E-state index in [0.29, 0.717) is 6.42 Å². The van der Waals surface area contributed by atoms with Gasteiger partial charge in [0.15, 0.2) is 0 Å². The van der Waals surface area contributed by atoms with Gasteiger partial charge in [0.25, 0.3) is 5.91 Å². The molecule has 0 aliphatic rings. The number of carbonyl (C=O) groups is 2. The van der Waals surface area contributed by atoms with Gasteiger partial charge >= 0.3 is 5.97 Å². The second-order valence-corrected chi connectivity index (χ2v) is 4.05. The molecule has 0 aromatic heterocycles. The molecule has 1 atom stereocenters. The molecule has 1 rings (SSSR count). The molecule has 0 bridgehead atoms. The van der Waals surface area contributed by atoms with Gasteiger partial charge in [0, 0.05) is 6.54 Å². The third-order valence-corrected chi connectivity index (χ3v) is 2.64. The van der Waals surface area contributed by atoms with Crippen LogP contribution >= 0.6 is 0 Å². The van der Waals surface area contributed by atoms with Crippen LogP contribution in [0.1, 0.15) is 30.1 Å². The van der Waals surface area contributed by atoms with E-state index in [1.54, 1.807) is 12.1 Å². The molecule has 0 radical (unpaired) electrons. The van der Waals surface area contributed by atoms with Crippen LogP contribution < -0.4 is 5.32 Å². The highest BCUT2D eigenvalue weighted by Crippen LogP contribution is 2.15. The summed E-state index contributed by atoms with van der Waals surface area (Å²) in [6.07, 6.45) is 1.25. The quantitative estimate of drug-likeness (QED) is 0.717. The lowest BCUT2D eigenvalue weighted by molar-refractivity contribution is -0.141. The first-order valence-electron chi connectivity index (χ1n) is 5.85. The minimum absolute atomic E-state index is 0.0658. The van der Waals surface area contributed by atoms with Crippen molar-refractivity contribution in [3.8, 4) is 5.75 Å². The van der Waals surface area contributed by atoms with Crippen molar-refractivity contribution in [3.63, 3.8) is 0 Å². The molecule has 0 saturated carbocycles. The molecule has 18 heavy (non-hydrogen) atoms. The highest BCUT2D eigenvalue weighted by Gasteiger charge is 2.18. The van der Waals surface area contributed by atoms with Crippen LogP contribution in [0.15, 0.2) is 24.3 Å². The lowest BCUT2D eigenvalue weighted by Gasteiger charge is -2.12. The van der Waals surface area contributed by atoms with Crippen molar-refractivity contribution in [2.24, 2.45) is 5.92 Å². The molecule has 0 spiro atoms. The Morgan fingerprint density at radius 3 is 2.56 bits per heavy atom. The lowest BCUT2D eigenvalue weighted by Crippen LogP contribution is -2.32. The van der Waals surface area contributed by atoms with Gasteiger partial charge in [0.05, 0.1) is 11.5 Å². The highest BCUT2D eigenvalue weighted by atomic mass is 16.4. The van der Waals surface area contributed by atoms with Crippen molar-refractivity contribution >= 4 is 11.9 Å². The van der Waals surface area contributed by atoms with Crippen molar-refractivity contribution in [1.29, 1.82) is 0 Å². The molecule has 1 aromatic rings. The predicted octanol–water partition coefficient (Wildman–Crippen LogP) is 1.62. The zero-order valence-corrected chi connectivity index (χ0v) is 10.2. The molecule has 5 nitrogen and oxygen atoms in total. The van der Waals surface area contributed by atoms with E-state index in [-0.39, 0.29) is 17.9 Å². The molecule has 3 N–H and O–H groups in total. The Morgan fingerprint density at radius 2 is 2.00 bits per heavy atom. The number of hydrogen-bond donors (Lipinski definition) is 3. The van der Waals surface area contributed by atoms with Gasteiger partial charge in [-0.1, -0.05) is 25.5 Å². The van der Waals surface area contributed by atoms with Crippen molar-refractivity contribution in [3.05, 3.63) is 29.8 Å². The first kappa shape index (κ1) is 14.0. The number of amides is 1. The third-order valence-electron chi connectivity index (χ3n) is 2.64. The summed E-state index contributed by atoms with van der Waals surface area (Å²) in [5, 5.41) is 20.9. The molecule has 0 fully saturated rings. The van der Waals surface area contributed by atoms with Gasteiger partial charge < -0.3 is 15.5 Å². The lowest BCUT2D eigenvalue weighted by atomic mass is 10.0. The summed E-state index contributed by atoms with van der Waals surface area (Å²) in [4.78, 5) is 22.6. The first-order valence-corrected chi connectivity index (χ1v) is 5.85. The van der Waals surface area contributed by atoms with Crippen LogP contribution in [0.5, 0.6) is 5.75 Å². The second kappa shape index (κ2) is 6.64. The molecule has 0 aliphatic heterocycles. The number of carboxylic acid groups (broad SMARTS) is 1. The average Bonchev–Trinajstić information content (AvgIpc) is 2.34. The van der Waals surface area contributed by atoms with E-state index in [1.165, 1.54) is 12.1 Å². The molecule has 98 valence electrons. The van der Waals surface area contributed by atoms with E-state index in [4.69, 9.17) is 5.11 Å². The topological polar surface area (TPSA) is 86.6 Å². The van der Waals surface area contributed by atoms with Gasteiger partial charge in [-0.15, -0.1) is 0 Å². The highest BCUT2D eigenvalue weighted by molar-refractivity contribution is 5.96. The minimum Gasteiger partial charge on any atom is -0.507 e. The Bertz CT molecular complexity index is 431. The first-order chi connectivity index (χ1) is 8.56. The van der Waals surface area contributed by atoms with E-state index >= 15 is 0 Å². The van der Waals surface area contributed by atoms with Gasteiger partial charge in [-0.2, -0.15) is 0 Å². The fourth-order valence-corrected chi connectivity index (χ4v) is 1.64. The monoisotopic (exact) mass is 251 g/mol. The van der Waals surface area contributed by atoms with Crippen LogP contribution in [-0.4, -0.2) is 28.6 Å². The summed E-state index contributed by atoms with van der Waals surface area (Å²) in [6.45, 7) is 1.96. The number of aliphatic carboxylic acids is 1. The van der Waals surface area contributed by atoms with Crippen molar-refractivity contribution < 1.29 is 19.8 Å². The van der Waals surface area contributed by atoms with Crippen LogP contribution in [0, 0.1) is 5.92 Å². The summed E-state index contributed by atoms with van der Waals surface area (Å²) < 4.78 is 0. The van der Waals surface area contributed by atoms with E-state index in [9.17, 15) is 14.7 Å². The number of carbonyl (C=O) groups excluding carboxylic acids is 1. The molecule has 5 heteroatoms. The van der Waals surface area contributed by atoms with Crippen LogP contribution in [0.3, 0.4) is 0 Å². The number of benzene rings is 1. The Balaban J connectivity index is 2.60. The molecule has 0 aliphatic carbocycles. The van der Waals surface area contributed by atoms with Gasteiger partial charge in [-0.05, 0) is 18.6 Å². The number of phenols is 1. The zero-order chi connectivity index (χ0) is 13.5. The molecular weight excluding hydrogens is 234 g/mol. The molecular formula is C13H17NO4. The maximum atomic E-state index is 11.7. The van der Waals surface area contributed by atoms with Crippen LogP contribution in [-0.2, 0) is 4.79 Å². The number of nitrogens with one attached hydrogen (secondary N) is 1. The molecule has 1 aromatic carbocycles. The molecule has 1 unspecified atom stereocenters. The zero-order valence-electron chi connectivity index (χ0n) is 10.2. The number of phenolic OH excluding ortho intramolecular Hbond substituents is 1. The maximum Gasteiger partial charge on any atom is 0.308 e. The Morgan fingerprint density at radius 1 is 1.33 bits per heavy atom. The van der Waals surface area contributed by atoms with Gasteiger partial charge in [0.2, 0.25) is 0 Å². The van der Waals surface area contributed by atoms with Crippen LogP contribution in [0.25, 0.3) is 0 Å². The standard InChI is InChI=1S/C13H17NO4/c1-2-5-9(13(17)18)8-14-12(16)10-6-3-4-7-11(10)15/h3-4,6-7,9,15H,2,5,8H2,1H3,(H,14,16)(H,17,18). The summed E-state index contributed by atoms with van der Waals surface area (Å²) >= 11 is 0. The van der Waals surface area contributed by atoms with Gasteiger partial charge in [-0.3, -0.25) is 9.59 Å². The predicted molar refractivity (Wildman–Crippen MR) is 66.5 cm³/mol. The second-order valence-electron chi connectivity index (χ2n) is 4.05. The largest absolute Gasteiger partial charge is 0.507 e. The van der Waals surface area contributed by atoms with Crippen molar-refractivity contribution in [2.75, 3.05) is 6.54 Å². The minimum atomic E-state index is -0.922. The number of hydrogen-bond acceptors (Lipinski definition) is 3. The Labute approximate surface area is 105 Å². The SMILES string of the molecule is CCCC(CNC(=O)c1ccccc1O)C(=O)O. The van der Waals surface area contributed by atoms with E-state index < -0.39 is 17.8 Å². The summed E-state index contributed by atoms with van der Waals surface area (Å²) in [6, 6.07) is 6.15. The fraction of sp³-hybridized carbons (Fsp3) is 0.385. The molecule has 1 amide bonds. The summed E-state index contributed by atoms with van der Waals surface area (Å²) in [7, 11) is 0. The number of aromatic hydroxyl groups is 1. The Hall–Kier alpha value is -2.04. The number of carboxylic acids is 1. The average molecular weight is 251 g/mol. The van der Waals surface area contributed by atoms with Crippen LogP contribution in [0.4, 0.5) is 0 Å². The van der Waals surface area contributed by atoms with E-state index in [0.717, 1.165) is 6.42 Å². The summed E-state index contributed by atoms with van der Waals surface area (Å²) in [5.74, 6) is -2.09. The fourth-order valence-electron chi connectivity index (χ4n) is 1.64. The third kappa shape index (κ3) is 3.76. The van der Waals surface area contributed by atoms with Gasteiger partial charge in [0.1, 0.15) is 5.75 Å². The van der Waals surface area contributed by atoms with E-state index in [1.807, 2.05) is 6.92 Å². The maximum absolute atomic E-state index is 11.7. The van der Waals surface area contributed by atoms with Crippen LogP contribution in [0.2, 0.25) is 0 Å². The number of rotatable bonds is 6.